The first-order valence-electron chi connectivity index (χ1n) is 6.26. The molecule has 100 valence electrons. The van der Waals surface area contributed by atoms with Gasteiger partial charge in [-0.3, -0.25) is 0 Å². The first-order chi connectivity index (χ1) is 9.03. The van der Waals surface area contributed by atoms with Crippen molar-refractivity contribution in [1.82, 2.24) is 0 Å². The Labute approximate surface area is 111 Å². The maximum absolute atomic E-state index is 13.2. The second kappa shape index (κ2) is 5.49. The largest absolute Gasteiger partial charge is 0.385 e. The molecule has 1 nitrogen and oxygen atoms in total. The lowest BCUT2D eigenvalue weighted by molar-refractivity contribution is 0.0326. The molecule has 0 heterocycles. The summed E-state index contributed by atoms with van der Waals surface area (Å²) < 4.78 is 26.4. The molecule has 0 aromatic heterocycles. The van der Waals surface area contributed by atoms with Crippen LogP contribution >= 0.6 is 0 Å². The molecule has 0 aliphatic carbocycles. The maximum atomic E-state index is 13.2. The average Bonchev–Trinajstić information content (AvgIpc) is 2.38. The molecule has 1 atom stereocenters. The molecule has 3 heteroatoms. The molecule has 19 heavy (non-hydrogen) atoms. The number of rotatable bonds is 4. The van der Waals surface area contributed by atoms with Crippen LogP contribution in [0.15, 0.2) is 48.5 Å². The minimum Gasteiger partial charge on any atom is -0.385 e. The fourth-order valence-electron chi connectivity index (χ4n) is 2.23. The van der Waals surface area contributed by atoms with Crippen molar-refractivity contribution in [1.29, 1.82) is 0 Å². The third kappa shape index (κ3) is 3.18. The van der Waals surface area contributed by atoms with Gasteiger partial charge in [-0.2, -0.15) is 0 Å². The Morgan fingerprint density at radius 2 is 1.58 bits per heavy atom. The molecule has 0 spiro atoms. The van der Waals surface area contributed by atoms with Crippen LogP contribution in [0.1, 0.15) is 24.5 Å². The SMILES string of the molecule is CCC(O)(Cc1cc(F)cc(F)c1)c1ccccc1. The molecule has 0 aliphatic heterocycles. The normalized spacial score (nSPS) is 14.1. The van der Waals surface area contributed by atoms with E-state index in [0.29, 0.717) is 12.0 Å². The van der Waals surface area contributed by atoms with Crippen LogP contribution < -0.4 is 0 Å². The van der Waals surface area contributed by atoms with Crippen molar-refractivity contribution in [3.63, 3.8) is 0 Å². The monoisotopic (exact) mass is 262 g/mol. The lowest BCUT2D eigenvalue weighted by atomic mass is 9.85. The minimum atomic E-state index is -1.11. The van der Waals surface area contributed by atoms with Crippen LogP contribution in [-0.2, 0) is 12.0 Å². The number of hydrogen-bond donors (Lipinski definition) is 1. The predicted octanol–water partition coefficient (Wildman–Crippen LogP) is 3.81. The van der Waals surface area contributed by atoms with Crippen molar-refractivity contribution >= 4 is 0 Å². The van der Waals surface area contributed by atoms with E-state index in [0.717, 1.165) is 11.6 Å². The summed E-state index contributed by atoms with van der Waals surface area (Å²) in [4.78, 5) is 0. The van der Waals surface area contributed by atoms with Crippen molar-refractivity contribution in [3.05, 3.63) is 71.3 Å². The fraction of sp³-hybridized carbons (Fsp3) is 0.250. The quantitative estimate of drug-likeness (QED) is 0.888. The summed E-state index contributed by atoms with van der Waals surface area (Å²) >= 11 is 0. The number of hydrogen-bond acceptors (Lipinski definition) is 1. The van der Waals surface area contributed by atoms with Gasteiger partial charge in [-0.25, -0.2) is 8.78 Å². The van der Waals surface area contributed by atoms with Gasteiger partial charge in [-0.05, 0) is 29.7 Å². The van der Waals surface area contributed by atoms with E-state index in [2.05, 4.69) is 0 Å². The van der Waals surface area contributed by atoms with Crippen molar-refractivity contribution < 1.29 is 13.9 Å². The summed E-state index contributed by atoms with van der Waals surface area (Å²) in [7, 11) is 0. The van der Waals surface area contributed by atoms with Crippen LogP contribution in [0.4, 0.5) is 8.78 Å². The molecule has 1 unspecified atom stereocenters. The summed E-state index contributed by atoms with van der Waals surface area (Å²) in [5.41, 5.74) is 0.0921. The van der Waals surface area contributed by atoms with Crippen molar-refractivity contribution in [2.75, 3.05) is 0 Å². The molecule has 0 amide bonds. The Morgan fingerprint density at radius 3 is 2.11 bits per heavy atom. The van der Waals surface area contributed by atoms with E-state index in [4.69, 9.17) is 0 Å². The van der Waals surface area contributed by atoms with E-state index < -0.39 is 17.2 Å². The lowest BCUT2D eigenvalue weighted by Crippen LogP contribution is -2.27. The first-order valence-corrected chi connectivity index (χ1v) is 6.26. The molecule has 0 saturated heterocycles. The van der Waals surface area contributed by atoms with Gasteiger partial charge in [-0.15, -0.1) is 0 Å². The second-order valence-electron chi connectivity index (χ2n) is 4.71. The highest BCUT2D eigenvalue weighted by Crippen LogP contribution is 2.29. The van der Waals surface area contributed by atoms with Gasteiger partial charge in [0.25, 0.3) is 0 Å². The number of halogens is 2. The first kappa shape index (κ1) is 13.7. The molecule has 2 rings (SSSR count). The summed E-state index contributed by atoms with van der Waals surface area (Å²) in [5.74, 6) is -1.25. The van der Waals surface area contributed by atoms with Crippen LogP contribution in [0.3, 0.4) is 0 Å². The van der Waals surface area contributed by atoms with Gasteiger partial charge < -0.3 is 5.11 Å². The highest BCUT2D eigenvalue weighted by atomic mass is 19.1. The molecule has 0 fully saturated rings. The van der Waals surface area contributed by atoms with Crippen LogP contribution in [0.5, 0.6) is 0 Å². The van der Waals surface area contributed by atoms with Crippen molar-refractivity contribution in [3.8, 4) is 0 Å². The average molecular weight is 262 g/mol. The van der Waals surface area contributed by atoms with E-state index in [1.54, 1.807) is 0 Å². The van der Waals surface area contributed by atoms with Crippen molar-refractivity contribution in [2.24, 2.45) is 0 Å². The highest BCUT2D eigenvalue weighted by molar-refractivity contribution is 5.27. The molecule has 0 aliphatic rings. The van der Waals surface area contributed by atoms with Crippen LogP contribution in [0, 0.1) is 11.6 Å². The van der Waals surface area contributed by atoms with Gasteiger partial charge in [0.15, 0.2) is 0 Å². The topological polar surface area (TPSA) is 20.2 Å². The molecule has 2 aromatic carbocycles. The van der Waals surface area contributed by atoms with Gasteiger partial charge in [-0.1, -0.05) is 37.3 Å². The zero-order chi connectivity index (χ0) is 13.9. The van der Waals surface area contributed by atoms with Gasteiger partial charge in [0.05, 0.1) is 5.60 Å². The second-order valence-corrected chi connectivity index (χ2v) is 4.71. The third-order valence-corrected chi connectivity index (χ3v) is 3.31. The summed E-state index contributed by atoms with van der Waals surface area (Å²) in [6, 6.07) is 12.5. The fourth-order valence-corrected chi connectivity index (χ4v) is 2.23. The Bertz CT molecular complexity index is 534. The van der Waals surface area contributed by atoms with Gasteiger partial charge >= 0.3 is 0 Å². The Balaban J connectivity index is 2.33. The minimum absolute atomic E-state index is 0.183. The highest BCUT2D eigenvalue weighted by Gasteiger charge is 2.27. The number of benzene rings is 2. The third-order valence-electron chi connectivity index (χ3n) is 3.31. The van der Waals surface area contributed by atoms with Crippen LogP contribution in [0.25, 0.3) is 0 Å². The lowest BCUT2D eigenvalue weighted by Gasteiger charge is -2.27. The smallest absolute Gasteiger partial charge is 0.126 e. The Hall–Kier alpha value is -1.74. The Kier molecular flexibility index (Phi) is 3.96. The van der Waals surface area contributed by atoms with E-state index in [9.17, 15) is 13.9 Å². The van der Waals surface area contributed by atoms with E-state index in [1.807, 2.05) is 37.3 Å². The summed E-state index contributed by atoms with van der Waals surface area (Å²) in [6.45, 7) is 1.85. The number of aliphatic hydroxyl groups is 1. The standard InChI is InChI=1S/C16H16F2O/c1-2-16(19,13-6-4-3-5-7-13)11-12-8-14(17)10-15(18)9-12/h3-10,19H,2,11H2,1H3. The van der Waals surface area contributed by atoms with Gasteiger partial charge in [0, 0.05) is 12.5 Å². The van der Waals surface area contributed by atoms with E-state index in [-0.39, 0.29) is 6.42 Å². The molecule has 1 N–H and O–H groups in total. The summed E-state index contributed by atoms with van der Waals surface area (Å²) in [6.07, 6.45) is 0.650. The molecule has 0 bridgehead atoms. The maximum Gasteiger partial charge on any atom is 0.126 e. The summed E-state index contributed by atoms with van der Waals surface area (Å²) in [5, 5.41) is 10.7. The molecule has 0 saturated carbocycles. The van der Waals surface area contributed by atoms with E-state index >= 15 is 0 Å². The van der Waals surface area contributed by atoms with Crippen LogP contribution in [-0.4, -0.2) is 5.11 Å². The molecule has 0 radical (unpaired) electrons. The Morgan fingerprint density at radius 1 is 1.00 bits per heavy atom. The van der Waals surface area contributed by atoms with Gasteiger partial charge in [0.1, 0.15) is 11.6 Å². The molecular weight excluding hydrogens is 246 g/mol. The van der Waals surface area contributed by atoms with Gasteiger partial charge in [0.2, 0.25) is 0 Å². The predicted molar refractivity (Wildman–Crippen MR) is 70.7 cm³/mol. The van der Waals surface area contributed by atoms with Crippen molar-refractivity contribution in [2.45, 2.75) is 25.4 Å². The van der Waals surface area contributed by atoms with Crippen LogP contribution in [0.2, 0.25) is 0 Å². The zero-order valence-corrected chi connectivity index (χ0v) is 10.7. The zero-order valence-electron chi connectivity index (χ0n) is 10.7. The van der Waals surface area contributed by atoms with E-state index in [1.165, 1.54) is 12.1 Å². The molecule has 2 aromatic rings. The molecular formula is C16H16F2O.